The molecule has 0 spiro atoms. The summed E-state index contributed by atoms with van der Waals surface area (Å²) >= 11 is 0. The normalized spacial score (nSPS) is 10.9. The Morgan fingerprint density at radius 1 is 1.25 bits per heavy atom. The fourth-order valence-electron chi connectivity index (χ4n) is 0.814. The number of nitrogens with one attached hydrogen (secondary N) is 1. The second-order valence-corrected chi connectivity index (χ2v) is 4.26. The zero-order valence-electron chi connectivity index (χ0n) is 10.0. The molecule has 0 fully saturated rings. The molecule has 0 heterocycles. The van der Waals surface area contributed by atoms with E-state index in [-0.39, 0.29) is 13.0 Å². The van der Waals surface area contributed by atoms with Gasteiger partial charge in [-0.25, -0.2) is 4.79 Å². The number of hydrogen-bond acceptors (Lipinski definition) is 4. The van der Waals surface area contributed by atoms with Crippen LogP contribution in [0.2, 0.25) is 0 Å². The highest BCUT2D eigenvalue weighted by Gasteiger charge is 2.15. The standard InChI is InChI=1S/C10H20N2O4/c1-10(2,3)16-9(14)12-5-7-15-6-4-8(11)13/h4-7H2,1-3H3,(H2,11,13)(H,12,14). The molecule has 0 aliphatic heterocycles. The highest BCUT2D eigenvalue weighted by Crippen LogP contribution is 2.05. The van der Waals surface area contributed by atoms with Gasteiger partial charge >= 0.3 is 6.09 Å². The van der Waals surface area contributed by atoms with Crippen molar-refractivity contribution >= 4 is 12.0 Å². The molecule has 6 nitrogen and oxygen atoms in total. The molecular formula is C10H20N2O4. The van der Waals surface area contributed by atoms with Gasteiger partial charge in [0.05, 0.1) is 13.2 Å². The van der Waals surface area contributed by atoms with Gasteiger partial charge < -0.3 is 20.5 Å². The molecule has 0 aromatic heterocycles. The van der Waals surface area contributed by atoms with E-state index in [9.17, 15) is 9.59 Å². The van der Waals surface area contributed by atoms with Crippen LogP contribution in [-0.2, 0) is 14.3 Å². The number of ether oxygens (including phenoxy) is 2. The van der Waals surface area contributed by atoms with E-state index in [0.717, 1.165) is 0 Å². The molecule has 2 amide bonds. The first-order valence-electron chi connectivity index (χ1n) is 5.14. The van der Waals surface area contributed by atoms with Crippen molar-refractivity contribution in [3.8, 4) is 0 Å². The number of carbonyl (C=O) groups is 2. The summed E-state index contributed by atoms with van der Waals surface area (Å²) in [5.74, 6) is -0.403. The summed E-state index contributed by atoms with van der Waals surface area (Å²) in [7, 11) is 0. The second-order valence-electron chi connectivity index (χ2n) is 4.26. The van der Waals surface area contributed by atoms with Crippen LogP contribution in [0.5, 0.6) is 0 Å². The van der Waals surface area contributed by atoms with Gasteiger partial charge in [0, 0.05) is 13.0 Å². The number of hydrogen-bond donors (Lipinski definition) is 2. The van der Waals surface area contributed by atoms with Gasteiger partial charge in [-0.05, 0) is 20.8 Å². The van der Waals surface area contributed by atoms with Crippen LogP contribution in [0.4, 0.5) is 4.79 Å². The van der Waals surface area contributed by atoms with Crippen LogP contribution in [0, 0.1) is 0 Å². The van der Waals surface area contributed by atoms with E-state index in [1.165, 1.54) is 0 Å². The number of primary amides is 1. The SMILES string of the molecule is CC(C)(C)OC(=O)NCCOCCC(N)=O. The Morgan fingerprint density at radius 3 is 2.38 bits per heavy atom. The maximum absolute atomic E-state index is 11.1. The van der Waals surface area contributed by atoms with E-state index in [0.29, 0.717) is 13.2 Å². The number of nitrogens with two attached hydrogens (primary N) is 1. The van der Waals surface area contributed by atoms with Crippen LogP contribution in [0.1, 0.15) is 27.2 Å². The lowest BCUT2D eigenvalue weighted by molar-refractivity contribution is -0.119. The Labute approximate surface area is 95.5 Å². The minimum absolute atomic E-state index is 0.187. The van der Waals surface area contributed by atoms with Crippen molar-refractivity contribution in [2.75, 3.05) is 19.8 Å². The van der Waals surface area contributed by atoms with Crippen LogP contribution >= 0.6 is 0 Å². The van der Waals surface area contributed by atoms with Crippen molar-refractivity contribution in [3.05, 3.63) is 0 Å². The summed E-state index contributed by atoms with van der Waals surface area (Å²) in [6.45, 7) is 6.30. The van der Waals surface area contributed by atoms with Gasteiger partial charge in [-0.3, -0.25) is 4.79 Å². The highest BCUT2D eigenvalue weighted by molar-refractivity contribution is 5.73. The van der Waals surface area contributed by atoms with E-state index in [1.807, 2.05) is 0 Å². The lowest BCUT2D eigenvalue weighted by Crippen LogP contribution is -2.34. The lowest BCUT2D eigenvalue weighted by Gasteiger charge is -2.19. The van der Waals surface area contributed by atoms with Gasteiger partial charge in [0.15, 0.2) is 0 Å². The van der Waals surface area contributed by atoms with Gasteiger partial charge in [0.1, 0.15) is 5.60 Å². The van der Waals surface area contributed by atoms with Crippen molar-refractivity contribution in [1.29, 1.82) is 0 Å². The summed E-state index contributed by atoms with van der Waals surface area (Å²) in [5, 5.41) is 2.52. The fraction of sp³-hybridized carbons (Fsp3) is 0.800. The van der Waals surface area contributed by atoms with E-state index in [2.05, 4.69) is 5.32 Å². The van der Waals surface area contributed by atoms with Crippen LogP contribution in [0.15, 0.2) is 0 Å². The van der Waals surface area contributed by atoms with Gasteiger partial charge in [0.2, 0.25) is 5.91 Å². The Hall–Kier alpha value is -1.30. The highest BCUT2D eigenvalue weighted by atomic mass is 16.6. The van der Waals surface area contributed by atoms with E-state index >= 15 is 0 Å². The van der Waals surface area contributed by atoms with Crippen molar-refractivity contribution in [3.63, 3.8) is 0 Å². The smallest absolute Gasteiger partial charge is 0.407 e. The first-order valence-corrected chi connectivity index (χ1v) is 5.14. The van der Waals surface area contributed by atoms with Crippen molar-refractivity contribution in [2.45, 2.75) is 32.8 Å². The van der Waals surface area contributed by atoms with E-state index in [4.69, 9.17) is 15.2 Å². The quantitative estimate of drug-likeness (QED) is 0.649. The van der Waals surface area contributed by atoms with Crippen LogP contribution in [0.25, 0.3) is 0 Å². The van der Waals surface area contributed by atoms with Crippen LogP contribution in [-0.4, -0.2) is 37.4 Å². The average molecular weight is 232 g/mol. The molecule has 0 radical (unpaired) electrons. The molecule has 0 rings (SSSR count). The minimum atomic E-state index is -0.503. The number of carbonyl (C=O) groups excluding carboxylic acids is 2. The third-order valence-corrected chi connectivity index (χ3v) is 1.41. The van der Waals surface area contributed by atoms with Crippen molar-refractivity contribution in [2.24, 2.45) is 5.73 Å². The molecule has 3 N–H and O–H groups in total. The summed E-state index contributed by atoms with van der Waals surface area (Å²) in [6.07, 6.45) is -0.294. The third kappa shape index (κ3) is 10.8. The first kappa shape index (κ1) is 14.7. The molecule has 0 unspecified atom stereocenters. The average Bonchev–Trinajstić information content (AvgIpc) is 2.07. The Bertz CT molecular complexity index is 235. The molecule has 0 aromatic carbocycles. The molecule has 0 bridgehead atoms. The Kier molecular flexibility index (Phi) is 6.48. The maximum Gasteiger partial charge on any atom is 0.407 e. The molecule has 0 atom stereocenters. The van der Waals surface area contributed by atoms with Gasteiger partial charge in [-0.15, -0.1) is 0 Å². The lowest BCUT2D eigenvalue weighted by atomic mass is 10.2. The molecule has 0 aliphatic rings. The molecule has 0 aromatic rings. The molecule has 6 heteroatoms. The van der Waals surface area contributed by atoms with Crippen LogP contribution < -0.4 is 11.1 Å². The molecule has 94 valence electrons. The second kappa shape index (κ2) is 7.05. The summed E-state index contributed by atoms with van der Waals surface area (Å²) in [6, 6.07) is 0. The Morgan fingerprint density at radius 2 is 1.88 bits per heavy atom. The molecule has 0 saturated heterocycles. The first-order chi connectivity index (χ1) is 7.31. The monoisotopic (exact) mass is 232 g/mol. The fourth-order valence-corrected chi connectivity index (χ4v) is 0.814. The Balaban J connectivity index is 3.38. The maximum atomic E-state index is 11.1. The molecule has 0 aliphatic carbocycles. The van der Waals surface area contributed by atoms with Crippen molar-refractivity contribution in [1.82, 2.24) is 5.32 Å². The number of rotatable bonds is 6. The van der Waals surface area contributed by atoms with Gasteiger partial charge in [-0.2, -0.15) is 0 Å². The molecule has 0 saturated carbocycles. The van der Waals surface area contributed by atoms with Crippen molar-refractivity contribution < 1.29 is 19.1 Å². The number of amides is 2. The van der Waals surface area contributed by atoms with E-state index < -0.39 is 17.6 Å². The largest absolute Gasteiger partial charge is 0.444 e. The van der Waals surface area contributed by atoms with Gasteiger partial charge in [-0.1, -0.05) is 0 Å². The zero-order valence-corrected chi connectivity index (χ0v) is 10.0. The predicted molar refractivity (Wildman–Crippen MR) is 58.9 cm³/mol. The van der Waals surface area contributed by atoms with Crippen LogP contribution in [0.3, 0.4) is 0 Å². The third-order valence-electron chi connectivity index (χ3n) is 1.41. The molecule has 16 heavy (non-hydrogen) atoms. The zero-order chi connectivity index (χ0) is 12.6. The van der Waals surface area contributed by atoms with Gasteiger partial charge in [0.25, 0.3) is 0 Å². The minimum Gasteiger partial charge on any atom is -0.444 e. The number of alkyl carbamates (subject to hydrolysis) is 1. The predicted octanol–water partition coefficient (Wildman–Crippen LogP) is 0.403. The summed E-state index contributed by atoms with van der Waals surface area (Å²) in [4.78, 5) is 21.5. The summed E-state index contributed by atoms with van der Waals surface area (Å²) in [5.41, 5.74) is 4.41. The summed E-state index contributed by atoms with van der Waals surface area (Å²) < 4.78 is 10.1. The van der Waals surface area contributed by atoms with E-state index in [1.54, 1.807) is 20.8 Å². The molecular weight excluding hydrogens is 212 g/mol. The topological polar surface area (TPSA) is 90.7 Å².